The molecule has 10 bridgehead atoms. The molecule has 9 nitrogen and oxygen atoms in total. The average Bonchev–Trinajstić information content (AvgIpc) is 0.771. The van der Waals surface area contributed by atoms with Crippen LogP contribution in [-0.2, 0) is 47.3 Å². The highest BCUT2D eigenvalue weighted by Crippen LogP contribution is 2.44. The summed E-state index contributed by atoms with van der Waals surface area (Å²) in [5, 5.41) is 32.4. The Hall–Kier alpha value is -2.23. The summed E-state index contributed by atoms with van der Waals surface area (Å²) in [5.41, 5.74) is 12.6. The Bertz CT molecular complexity index is 2970. The molecular formula is C70H85Cl15N2O7. The topological polar surface area (TPSA) is 122 Å². The molecule has 3 aliphatic rings. The van der Waals surface area contributed by atoms with E-state index in [1.54, 1.807) is 0 Å². The Kier molecular flexibility index (Phi) is 40.0. The lowest BCUT2D eigenvalue weighted by Crippen LogP contribution is -2.17. The molecule has 0 unspecified atom stereocenters. The van der Waals surface area contributed by atoms with E-state index in [1.807, 2.05) is 61.0 Å². The molecule has 2 aliphatic heterocycles. The minimum Gasteiger partial charge on any atom is -0.507 e. The molecule has 0 saturated carbocycles. The van der Waals surface area contributed by atoms with Crippen molar-refractivity contribution in [1.29, 1.82) is 0 Å². The van der Waals surface area contributed by atoms with Gasteiger partial charge in [-0.3, -0.25) is 9.98 Å². The number of hydrogen-bond donors (Lipinski definition) is 3. The molecule has 24 heteroatoms. The number of phenolic OH excluding ortho intramolecular Hbond substituents is 2. The van der Waals surface area contributed by atoms with Gasteiger partial charge in [0.05, 0.1) is 13.1 Å². The second kappa shape index (κ2) is 42.8. The van der Waals surface area contributed by atoms with Crippen LogP contribution in [0.4, 0.5) is 0 Å². The zero-order chi connectivity index (χ0) is 71.5. The van der Waals surface area contributed by atoms with E-state index in [2.05, 4.69) is 132 Å². The van der Waals surface area contributed by atoms with Crippen molar-refractivity contribution in [3.63, 3.8) is 0 Å². The number of ether oxygens (including phenoxy) is 4. The number of aliphatic hydroxyl groups is 1. The molecule has 9 rings (SSSR count). The molecule has 3 N–H and O–H groups in total. The van der Waals surface area contributed by atoms with Crippen molar-refractivity contribution >= 4 is 186 Å². The second-order valence-corrected chi connectivity index (χ2v) is 34.9. The summed E-state index contributed by atoms with van der Waals surface area (Å²) < 4.78 is 22.7. The van der Waals surface area contributed by atoms with Crippen molar-refractivity contribution in [3.05, 3.63) is 175 Å². The first-order chi connectivity index (χ1) is 43.7. The lowest BCUT2D eigenvalue weighted by atomic mass is 9.79. The van der Waals surface area contributed by atoms with Crippen LogP contribution in [-0.4, -0.2) is 95.9 Å². The monoisotopic (exact) mass is 1590 g/mol. The number of benzene rings is 6. The molecule has 0 atom stereocenters. The van der Waals surface area contributed by atoms with Crippen LogP contribution in [0.1, 0.15) is 161 Å². The molecule has 0 aromatic heterocycles. The molecule has 2 heterocycles. The maximum atomic E-state index is 12.7. The van der Waals surface area contributed by atoms with Crippen LogP contribution in [0.25, 0.3) is 0 Å². The molecule has 0 fully saturated rings. The number of hydrogen-bond acceptors (Lipinski definition) is 9. The van der Waals surface area contributed by atoms with Crippen molar-refractivity contribution in [3.8, 4) is 34.5 Å². The van der Waals surface area contributed by atoms with Gasteiger partial charge in [0.25, 0.3) is 0 Å². The summed E-state index contributed by atoms with van der Waals surface area (Å²) in [7, 11) is 1.00. The fourth-order valence-electron chi connectivity index (χ4n) is 9.48. The first kappa shape index (κ1) is 87.9. The number of aromatic hydroxyl groups is 2. The summed E-state index contributed by atoms with van der Waals surface area (Å²) in [5.74, 6) is 3.45. The van der Waals surface area contributed by atoms with Gasteiger partial charge in [-0.15, -0.1) is 0 Å². The van der Waals surface area contributed by atoms with Crippen LogP contribution in [0.3, 0.4) is 0 Å². The van der Waals surface area contributed by atoms with E-state index >= 15 is 0 Å². The highest BCUT2D eigenvalue weighted by atomic mass is 35.6. The largest absolute Gasteiger partial charge is 0.507 e. The fraction of sp³-hybridized carbons (Fsp3) is 0.457. The predicted molar refractivity (Wildman–Crippen MR) is 410 cm³/mol. The molecular weight excluding hydrogens is 1510 g/mol. The third kappa shape index (κ3) is 32.8. The summed E-state index contributed by atoms with van der Waals surface area (Å²) in [6.45, 7) is 28.8. The number of alkyl halides is 15. The minimum atomic E-state index is -0.750. The van der Waals surface area contributed by atoms with Crippen molar-refractivity contribution < 1.29 is 34.3 Å². The average molecular weight is 1600 g/mol. The first-order valence-corrected chi connectivity index (χ1v) is 36.0. The number of aliphatic imine (C=N–C) groups is 2. The van der Waals surface area contributed by atoms with Crippen molar-refractivity contribution in [1.82, 2.24) is 0 Å². The Balaban J connectivity index is 0.00000119. The molecule has 0 spiro atoms. The van der Waals surface area contributed by atoms with Crippen molar-refractivity contribution in [2.45, 2.75) is 152 Å². The third-order valence-corrected chi connectivity index (χ3v) is 13.8. The van der Waals surface area contributed by atoms with Gasteiger partial charge in [0, 0.05) is 56.3 Å². The Labute approximate surface area is 632 Å². The summed E-state index contributed by atoms with van der Waals surface area (Å²) in [4.78, 5) is 9.73. The molecule has 0 saturated heterocycles. The Morgan fingerprint density at radius 1 is 0.330 bits per heavy atom. The molecule has 1 aliphatic carbocycles. The van der Waals surface area contributed by atoms with Gasteiger partial charge < -0.3 is 34.3 Å². The Morgan fingerprint density at radius 2 is 0.543 bits per heavy atom. The van der Waals surface area contributed by atoms with E-state index in [-0.39, 0.29) is 33.2 Å². The van der Waals surface area contributed by atoms with E-state index in [0.717, 1.165) is 96.5 Å². The summed E-state index contributed by atoms with van der Waals surface area (Å²) in [6, 6.07) is 33.5. The van der Waals surface area contributed by atoms with Gasteiger partial charge in [0.2, 0.25) is 0 Å². The van der Waals surface area contributed by atoms with Crippen LogP contribution in [0, 0.1) is 0 Å². The standard InChI is InChI=1S/C64H76N2O6.5CHCl3.CH4O/c1-61(2,3)51-31-43-27-47-35-53(63(7,8)9)37-49-29-45-33-52(62(4,5)6)34-46(58(45)68)30-50-38-54(64(10,11)12)36-48(28-44(32-51)57(43)67)60(50)72-24-22-66-40-42-18-14-16-20-56(42)70-26-25-69-55-19-15-13-17-41(55)39-65-21-23-71-59(47)49;5*2-1(3)4;1-2/h13-20,31-40,67-68H,21-30H2,1-12H3;5*1H;2H,1H3. The molecule has 0 radical (unpaired) electrons. The number of rotatable bonds is 0. The Morgan fingerprint density at radius 3 is 0.766 bits per heavy atom. The molecule has 522 valence electrons. The number of aliphatic hydroxyl groups excluding tert-OH is 1. The summed E-state index contributed by atoms with van der Waals surface area (Å²) >= 11 is 72.1. The highest BCUT2D eigenvalue weighted by molar-refractivity contribution is 6.64. The highest BCUT2D eigenvalue weighted by Gasteiger charge is 2.29. The molecule has 6 aromatic carbocycles. The lowest BCUT2D eigenvalue weighted by molar-refractivity contribution is 0.217. The van der Waals surface area contributed by atoms with E-state index in [4.69, 9.17) is 208 Å². The molecule has 0 amide bonds. The SMILES string of the molecule is CC(C)(C)c1cc2c(O)c(c1)Cc1cc(C(C)(C)C)cc3c1OCCN=Cc1ccccc1OCCOc1ccccc1C=NCCOc1c(cc(C(C)(C)C)cc1Cc1cc(C(C)(C)C)cc(c1O)C3)C2.CO.ClC(Cl)Cl.ClC(Cl)Cl.ClC(Cl)Cl.ClC(Cl)Cl.ClC(Cl)Cl. The third-order valence-electron chi connectivity index (χ3n) is 13.8. The van der Waals surface area contributed by atoms with Gasteiger partial charge in [0.15, 0.2) is 21.5 Å². The van der Waals surface area contributed by atoms with Crippen LogP contribution in [0.2, 0.25) is 0 Å². The zero-order valence-corrected chi connectivity index (χ0v) is 66.2. The minimum absolute atomic E-state index is 0.216. The normalized spacial score (nSPS) is 13.6. The van der Waals surface area contributed by atoms with Crippen LogP contribution in [0.15, 0.2) is 107 Å². The smallest absolute Gasteiger partial charge is 0.180 e. The number of fused-ring (bicyclic) bond motifs is 9. The number of para-hydroxylation sites is 2. The van der Waals surface area contributed by atoms with E-state index in [9.17, 15) is 10.2 Å². The quantitative estimate of drug-likeness (QED) is 0.129. The van der Waals surface area contributed by atoms with Crippen LogP contribution >= 0.6 is 174 Å². The van der Waals surface area contributed by atoms with Crippen LogP contribution < -0.4 is 18.9 Å². The maximum Gasteiger partial charge on any atom is 0.180 e. The summed E-state index contributed by atoms with van der Waals surface area (Å²) in [6.07, 6.45) is 5.37. The lowest BCUT2D eigenvalue weighted by Gasteiger charge is -2.28. The fourth-order valence-corrected chi connectivity index (χ4v) is 9.48. The van der Waals surface area contributed by atoms with E-state index in [1.165, 1.54) is 0 Å². The van der Waals surface area contributed by atoms with Gasteiger partial charge in [-0.1, -0.05) is 330 Å². The molecule has 6 aromatic rings. The predicted octanol–water partition coefficient (Wildman–Crippen LogP) is 23.3. The molecule has 94 heavy (non-hydrogen) atoms. The van der Waals surface area contributed by atoms with E-state index < -0.39 is 21.5 Å². The van der Waals surface area contributed by atoms with Gasteiger partial charge >= 0.3 is 0 Å². The number of nitrogens with zero attached hydrogens (tertiary/aromatic N) is 2. The van der Waals surface area contributed by atoms with Gasteiger partial charge in [0.1, 0.15) is 60.9 Å². The van der Waals surface area contributed by atoms with Gasteiger partial charge in [-0.05, 0) is 113 Å². The van der Waals surface area contributed by atoms with Crippen LogP contribution in [0.5, 0.6) is 34.5 Å². The zero-order valence-electron chi connectivity index (χ0n) is 54.9. The number of phenols is 2. The second-order valence-electron chi connectivity index (χ2n) is 25.0. The first-order valence-electron chi connectivity index (χ1n) is 29.5. The maximum absolute atomic E-state index is 12.7. The van der Waals surface area contributed by atoms with Crippen molar-refractivity contribution in [2.24, 2.45) is 9.98 Å². The van der Waals surface area contributed by atoms with Crippen molar-refractivity contribution in [2.75, 3.05) is 46.6 Å². The number of halogens is 15. The van der Waals surface area contributed by atoms with E-state index in [0.29, 0.717) is 76.7 Å². The van der Waals surface area contributed by atoms with Gasteiger partial charge in [-0.25, -0.2) is 0 Å². The van der Waals surface area contributed by atoms with Gasteiger partial charge in [-0.2, -0.15) is 0 Å².